The van der Waals surface area contributed by atoms with E-state index in [1.54, 1.807) is 18.3 Å². The highest BCUT2D eigenvalue weighted by atomic mass is 19.3. The number of pyridine rings is 1. The molecule has 3 aromatic carbocycles. The smallest absolute Gasteiger partial charge is 0.387 e. The van der Waals surface area contributed by atoms with Crippen molar-refractivity contribution in [2.75, 3.05) is 13.7 Å². The fourth-order valence-electron chi connectivity index (χ4n) is 3.58. The molecule has 0 spiro atoms. The highest BCUT2D eigenvalue weighted by Crippen LogP contribution is 2.30. The van der Waals surface area contributed by atoms with Crippen LogP contribution >= 0.6 is 0 Å². The number of nitrogens with zero attached hydrogens (tertiary/aromatic N) is 1. The maximum atomic E-state index is 12.9. The molecule has 1 N–H and O–H groups in total. The van der Waals surface area contributed by atoms with Crippen molar-refractivity contribution in [1.29, 1.82) is 0 Å². The molecule has 0 unspecified atom stereocenters. The van der Waals surface area contributed by atoms with Crippen LogP contribution in [-0.2, 0) is 6.42 Å². The molecule has 1 heterocycles. The first-order valence-electron chi connectivity index (χ1n) is 9.73. The molecule has 4 rings (SSSR count). The topological polar surface area (TPSA) is 60.5 Å². The monoisotopic (exact) mass is 422 g/mol. The lowest BCUT2D eigenvalue weighted by atomic mass is 10.0. The SMILES string of the molecule is COc1ccc(CCNC(=O)c2cc3ccccc3c3cccnc23)cc1OC(F)F. The van der Waals surface area contributed by atoms with Crippen molar-refractivity contribution in [3.63, 3.8) is 0 Å². The van der Waals surface area contributed by atoms with Crippen LogP contribution in [0.2, 0.25) is 0 Å². The van der Waals surface area contributed by atoms with Crippen molar-refractivity contribution in [2.45, 2.75) is 13.0 Å². The minimum atomic E-state index is -2.95. The molecule has 0 atom stereocenters. The predicted molar refractivity (Wildman–Crippen MR) is 115 cm³/mol. The van der Waals surface area contributed by atoms with Gasteiger partial charge in [-0.25, -0.2) is 0 Å². The van der Waals surface area contributed by atoms with Crippen molar-refractivity contribution in [2.24, 2.45) is 0 Å². The molecule has 0 radical (unpaired) electrons. The number of fused-ring (bicyclic) bond motifs is 3. The molecule has 7 heteroatoms. The van der Waals surface area contributed by atoms with Gasteiger partial charge in [-0.1, -0.05) is 36.4 Å². The van der Waals surface area contributed by atoms with E-state index in [9.17, 15) is 13.6 Å². The van der Waals surface area contributed by atoms with Crippen molar-refractivity contribution < 1.29 is 23.0 Å². The van der Waals surface area contributed by atoms with E-state index in [2.05, 4.69) is 15.0 Å². The fourth-order valence-corrected chi connectivity index (χ4v) is 3.58. The number of hydrogen-bond donors (Lipinski definition) is 1. The lowest BCUT2D eigenvalue weighted by Gasteiger charge is -2.12. The van der Waals surface area contributed by atoms with Crippen LogP contribution in [0.3, 0.4) is 0 Å². The zero-order chi connectivity index (χ0) is 21.8. The van der Waals surface area contributed by atoms with Crippen LogP contribution in [0.15, 0.2) is 66.9 Å². The summed E-state index contributed by atoms with van der Waals surface area (Å²) in [7, 11) is 1.38. The van der Waals surface area contributed by atoms with Crippen LogP contribution in [0.4, 0.5) is 8.78 Å². The van der Waals surface area contributed by atoms with Gasteiger partial charge in [0, 0.05) is 18.1 Å². The third-order valence-electron chi connectivity index (χ3n) is 5.00. The number of halogens is 2. The Labute approximate surface area is 177 Å². The van der Waals surface area contributed by atoms with Gasteiger partial charge in [0.1, 0.15) is 0 Å². The van der Waals surface area contributed by atoms with E-state index >= 15 is 0 Å². The third-order valence-corrected chi connectivity index (χ3v) is 5.00. The largest absolute Gasteiger partial charge is 0.493 e. The second kappa shape index (κ2) is 8.95. The Kier molecular flexibility index (Phi) is 5.93. The Bertz CT molecular complexity index is 1240. The highest BCUT2D eigenvalue weighted by Gasteiger charge is 2.15. The molecule has 0 fully saturated rings. The second-order valence-corrected chi connectivity index (χ2v) is 6.91. The van der Waals surface area contributed by atoms with E-state index in [4.69, 9.17) is 4.74 Å². The van der Waals surface area contributed by atoms with Crippen molar-refractivity contribution in [1.82, 2.24) is 10.3 Å². The molecule has 5 nitrogen and oxygen atoms in total. The zero-order valence-electron chi connectivity index (χ0n) is 16.8. The standard InChI is InChI=1S/C24H20F2N2O3/c1-30-20-9-8-15(13-21(20)31-24(25)26)10-12-28-23(29)19-14-16-5-2-3-6-17(16)18-7-4-11-27-22(18)19/h2-9,11,13-14,24H,10,12H2,1H3,(H,28,29). The Balaban J connectivity index is 1.52. The molecule has 0 saturated carbocycles. The van der Waals surface area contributed by atoms with E-state index in [1.165, 1.54) is 13.2 Å². The maximum absolute atomic E-state index is 12.9. The van der Waals surface area contributed by atoms with Crippen molar-refractivity contribution >= 4 is 27.6 Å². The average molecular weight is 422 g/mol. The van der Waals surface area contributed by atoms with E-state index < -0.39 is 6.61 Å². The summed E-state index contributed by atoms with van der Waals surface area (Å²) in [6.07, 6.45) is 2.10. The number of benzene rings is 3. The molecular formula is C24H20F2N2O3. The molecule has 1 aromatic heterocycles. The quantitative estimate of drug-likeness (QED) is 0.427. The molecule has 0 aliphatic carbocycles. The molecular weight excluding hydrogens is 402 g/mol. The molecule has 0 bridgehead atoms. The molecule has 0 aliphatic rings. The Hall–Kier alpha value is -3.74. The van der Waals surface area contributed by atoms with E-state index in [0.717, 1.165) is 21.7 Å². The summed E-state index contributed by atoms with van der Waals surface area (Å²) in [5.74, 6) is -0.0557. The zero-order valence-corrected chi connectivity index (χ0v) is 16.8. The number of ether oxygens (including phenoxy) is 2. The van der Waals surface area contributed by atoms with Gasteiger partial charge in [-0.2, -0.15) is 8.78 Å². The second-order valence-electron chi connectivity index (χ2n) is 6.91. The van der Waals surface area contributed by atoms with Gasteiger partial charge in [0.2, 0.25) is 0 Å². The lowest BCUT2D eigenvalue weighted by molar-refractivity contribution is -0.0512. The van der Waals surface area contributed by atoms with Crippen molar-refractivity contribution in [3.8, 4) is 11.5 Å². The van der Waals surface area contributed by atoms with Gasteiger partial charge >= 0.3 is 6.61 Å². The molecule has 158 valence electrons. The molecule has 0 aliphatic heterocycles. The van der Waals surface area contributed by atoms with Crippen LogP contribution < -0.4 is 14.8 Å². The van der Waals surface area contributed by atoms with E-state index in [0.29, 0.717) is 24.0 Å². The molecule has 4 aromatic rings. The number of carbonyl (C=O) groups excluding carboxylic acids is 1. The first-order valence-corrected chi connectivity index (χ1v) is 9.73. The number of nitrogens with one attached hydrogen (secondary N) is 1. The number of methoxy groups -OCH3 is 1. The first-order chi connectivity index (χ1) is 15.1. The van der Waals surface area contributed by atoms with Crippen LogP contribution in [0.5, 0.6) is 11.5 Å². The molecule has 1 amide bonds. The minimum Gasteiger partial charge on any atom is -0.493 e. The number of carbonyl (C=O) groups is 1. The van der Waals surface area contributed by atoms with Gasteiger partial charge in [0.15, 0.2) is 11.5 Å². The van der Waals surface area contributed by atoms with Gasteiger partial charge in [-0.3, -0.25) is 9.78 Å². The normalized spacial score (nSPS) is 11.1. The van der Waals surface area contributed by atoms with Gasteiger partial charge in [-0.15, -0.1) is 0 Å². The summed E-state index contributed by atoms with van der Waals surface area (Å²) in [4.78, 5) is 17.3. The number of aromatic nitrogens is 1. The van der Waals surface area contributed by atoms with Gasteiger partial charge in [0.05, 0.1) is 18.2 Å². The molecule has 31 heavy (non-hydrogen) atoms. The van der Waals surface area contributed by atoms with Gasteiger partial charge in [-0.05, 0) is 47.0 Å². The van der Waals surface area contributed by atoms with Crippen LogP contribution in [0.1, 0.15) is 15.9 Å². The number of alkyl halides is 2. The lowest BCUT2D eigenvalue weighted by Crippen LogP contribution is -2.26. The van der Waals surface area contributed by atoms with Crippen LogP contribution in [0.25, 0.3) is 21.7 Å². The summed E-state index contributed by atoms with van der Waals surface area (Å²) in [5.41, 5.74) is 1.86. The summed E-state index contributed by atoms with van der Waals surface area (Å²) < 4.78 is 34.8. The number of rotatable bonds is 7. The summed E-state index contributed by atoms with van der Waals surface area (Å²) in [5, 5.41) is 5.80. The van der Waals surface area contributed by atoms with E-state index in [1.807, 2.05) is 42.5 Å². The van der Waals surface area contributed by atoms with Crippen LogP contribution in [-0.4, -0.2) is 31.2 Å². The Morgan fingerprint density at radius 1 is 1.03 bits per heavy atom. The Morgan fingerprint density at radius 3 is 2.65 bits per heavy atom. The first kappa shape index (κ1) is 20.5. The van der Waals surface area contributed by atoms with Crippen LogP contribution in [0, 0.1) is 0 Å². The summed E-state index contributed by atoms with van der Waals surface area (Å²) in [6, 6.07) is 18.3. The third kappa shape index (κ3) is 4.40. The number of hydrogen-bond acceptors (Lipinski definition) is 4. The number of amides is 1. The minimum absolute atomic E-state index is 0.0361. The average Bonchev–Trinajstić information content (AvgIpc) is 2.78. The van der Waals surface area contributed by atoms with E-state index in [-0.39, 0.29) is 17.4 Å². The maximum Gasteiger partial charge on any atom is 0.387 e. The highest BCUT2D eigenvalue weighted by molar-refractivity contribution is 6.15. The summed E-state index contributed by atoms with van der Waals surface area (Å²) >= 11 is 0. The Morgan fingerprint density at radius 2 is 1.84 bits per heavy atom. The summed E-state index contributed by atoms with van der Waals surface area (Å²) in [6.45, 7) is -2.63. The van der Waals surface area contributed by atoms with Crippen molar-refractivity contribution in [3.05, 3.63) is 78.0 Å². The predicted octanol–water partition coefficient (Wildman–Crippen LogP) is 4.97. The van der Waals surface area contributed by atoms with Gasteiger partial charge in [0.25, 0.3) is 5.91 Å². The fraction of sp³-hybridized carbons (Fsp3) is 0.167. The molecule has 0 saturated heterocycles. The van der Waals surface area contributed by atoms with Gasteiger partial charge < -0.3 is 14.8 Å².